The van der Waals surface area contributed by atoms with Crippen molar-refractivity contribution in [3.8, 4) is 17.6 Å². The molecule has 0 amide bonds. The van der Waals surface area contributed by atoms with E-state index in [1.54, 1.807) is 24.3 Å². The first-order valence-corrected chi connectivity index (χ1v) is 18.0. The highest BCUT2D eigenvalue weighted by Crippen LogP contribution is 2.38. The van der Waals surface area contributed by atoms with Gasteiger partial charge in [0.2, 0.25) is 0 Å². The third-order valence-electron chi connectivity index (χ3n) is 9.65. The fourth-order valence-corrected chi connectivity index (χ4v) is 7.79. The Morgan fingerprint density at radius 2 is 1.83 bits per heavy atom. The summed E-state index contributed by atoms with van der Waals surface area (Å²) in [6.07, 6.45) is 5.62. The first-order valence-electron chi connectivity index (χ1n) is 16.1. The van der Waals surface area contributed by atoms with Crippen molar-refractivity contribution in [2.24, 2.45) is 11.3 Å². The van der Waals surface area contributed by atoms with E-state index in [1.165, 1.54) is 23.8 Å². The van der Waals surface area contributed by atoms with Gasteiger partial charge in [-0.1, -0.05) is 12.0 Å². The summed E-state index contributed by atoms with van der Waals surface area (Å²) in [7, 11) is -1.98. The second-order valence-corrected chi connectivity index (χ2v) is 15.2. The van der Waals surface area contributed by atoms with Crippen molar-refractivity contribution in [2.45, 2.75) is 62.2 Å². The third kappa shape index (κ3) is 7.90. The SMILES string of the molecule is COc1cc(S(C)(=O)=O)ccc1NCC#Cc1cc2c(NC3CCC(C=[N+]4CC5(CCOCC5)C4)CC3)cccc2n1CC(F)(F)F. The average Bonchev–Trinajstić information content (AvgIpc) is 3.36. The van der Waals surface area contributed by atoms with E-state index in [0.29, 0.717) is 33.7 Å². The van der Waals surface area contributed by atoms with Crippen molar-refractivity contribution in [3.05, 3.63) is 48.2 Å². The molecule has 3 fully saturated rings. The van der Waals surface area contributed by atoms with Gasteiger partial charge in [-0.3, -0.25) is 0 Å². The number of ether oxygens (including phenoxy) is 2. The molecule has 2 saturated heterocycles. The summed E-state index contributed by atoms with van der Waals surface area (Å²) in [6.45, 7) is 3.00. The smallest absolute Gasteiger partial charge is 0.406 e. The molecule has 1 aliphatic carbocycles. The highest BCUT2D eigenvalue weighted by molar-refractivity contribution is 7.90. The minimum atomic E-state index is -4.42. The van der Waals surface area contributed by atoms with Crippen LogP contribution in [0.5, 0.6) is 5.75 Å². The zero-order chi connectivity index (χ0) is 33.2. The number of aromatic nitrogens is 1. The summed E-state index contributed by atoms with van der Waals surface area (Å²) in [5, 5.41) is 7.42. The van der Waals surface area contributed by atoms with Crippen LogP contribution in [0.2, 0.25) is 0 Å². The molecule has 3 aromatic rings. The topological polar surface area (TPSA) is 84.6 Å². The van der Waals surface area contributed by atoms with E-state index >= 15 is 0 Å². The van der Waals surface area contributed by atoms with Crippen LogP contribution in [-0.2, 0) is 21.1 Å². The minimum absolute atomic E-state index is 0.111. The van der Waals surface area contributed by atoms with Crippen molar-refractivity contribution in [1.29, 1.82) is 0 Å². The number of rotatable bonds is 8. The Bertz CT molecular complexity index is 1800. The Hall–Kier alpha value is -3.69. The predicted molar refractivity (Wildman–Crippen MR) is 177 cm³/mol. The molecule has 2 aliphatic heterocycles. The van der Waals surface area contributed by atoms with Crippen LogP contribution in [0.15, 0.2) is 47.4 Å². The van der Waals surface area contributed by atoms with Crippen LogP contribution in [0, 0.1) is 23.2 Å². The first kappa shape index (κ1) is 33.2. The fraction of sp³-hybridized carbons (Fsp3) is 0.514. The Morgan fingerprint density at radius 3 is 2.51 bits per heavy atom. The van der Waals surface area contributed by atoms with E-state index in [1.807, 2.05) is 6.07 Å². The Kier molecular flexibility index (Phi) is 9.50. The third-order valence-corrected chi connectivity index (χ3v) is 10.8. The molecule has 8 nitrogen and oxygen atoms in total. The molecule has 2 N–H and O–H groups in total. The van der Waals surface area contributed by atoms with Gasteiger partial charge in [-0.05, 0) is 74.8 Å². The van der Waals surface area contributed by atoms with Crippen LogP contribution in [0.1, 0.15) is 44.2 Å². The molecule has 1 aromatic heterocycles. The fourth-order valence-electron chi connectivity index (χ4n) is 7.16. The number of hydrogen-bond acceptors (Lipinski definition) is 6. The van der Waals surface area contributed by atoms with Crippen molar-refractivity contribution in [3.63, 3.8) is 0 Å². The molecular weight excluding hydrogens is 629 g/mol. The normalized spacial score (nSPS) is 21.1. The van der Waals surface area contributed by atoms with E-state index in [4.69, 9.17) is 9.47 Å². The van der Waals surface area contributed by atoms with Crippen molar-refractivity contribution in [2.75, 3.05) is 56.8 Å². The largest absolute Gasteiger partial charge is 0.495 e. The molecule has 0 bridgehead atoms. The molecule has 3 heterocycles. The molecule has 3 aliphatic rings. The van der Waals surface area contributed by atoms with E-state index < -0.39 is 22.6 Å². The van der Waals surface area contributed by atoms with Gasteiger partial charge in [-0.15, -0.1) is 0 Å². The Balaban J connectivity index is 1.13. The lowest BCUT2D eigenvalue weighted by atomic mass is 9.74. The van der Waals surface area contributed by atoms with Gasteiger partial charge < -0.3 is 24.7 Å². The molecule has 1 spiro atoms. The van der Waals surface area contributed by atoms with E-state index in [9.17, 15) is 21.6 Å². The molecule has 0 unspecified atom stereocenters. The van der Waals surface area contributed by atoms with Crippen LogP contribution in [-0.4, -0.2) is 82.2 Å². The van der Waals surface area contributed by atoms with Gasteiger partial charge in [-0.2, -0.15) is 13.2 Å². The van der Waals surface area contributed by atoms with Gasteiger partial charge in [0.1, 0.15) is 18.5 Å². The molecule has 2 aromatic carbocycles. The van der Waals surface area contributed by atoms with Crippen LogP contribution in [0.4, 0.5) is 24.5 Å². The quantitative estimate of drug-likeness (QED) is 0.228. The van der Waals surface area contributed by atoms with Gasteiger partial charge in [0.05, 0.1) is 40.9 Å². The Labute approximate surface area is 274 Å². The number of hydrogen-bond donors (Lipinski definition) is 2. The van der Waals surface area contributed by atoms with E-state index in [2.05, 4.69) is 33.3 Å². The summed E-state index contributed by atoms with van der Waals surface area (Å²) in [4.78, 5) is 0.119. The molecule has 0 radical (unpaired) electrons. The molecular formula is C35H42F3N4O4S+. The number of sulfone groups is 1. The monoisotopic (exact) mass is 671 g/mol. The zero-order valence-electron chi connectivity index (χ0n) is 26.8. The van der Waals surface area contributed by atoms with Gasteiger partial charge in [0.15, 0.2) is 22.9 Å². The lowest BCUT2D eigenvalue weighted by Crippen LogP contribution is -2.54. The molecule has 6 rings (SSSR count). The number of alkyl halides is 3. The maximum atomic E-state index is 13.7. The summed E-state index contributed by atoms with van der Waals surface area (Å²) in [5.41, 5.74) is 2.54. The zero-order valence-corrected chi connectivity index (χ0v) is 27.6. The number of fused-ring (bicyclic) bond motifs is 1. The minimum Gasteiger partial charge on any atom is -0.495 e. The second kappa shape index (κ2) is 13.4. The summed E-state index contributed by atoms with van der Waals surface area (Å²) in [6, 6.07) is 11.9. The van der Waals surface area contributed by atoms with Crippen LogP contribution < -0.4 is 15.4 Å². The number of nitrogens with one attached hydrogen (secondary N) is 2. The van der Waals surface area contributed by atoms with Gasteiger partial charge in [0.25, 0.3) is 0 Å². The number of benzene rings is 2. The van der Waals surface area contributed by atoms with Crippen LogP contribution in [0.25, 0.3) is 10.9 Å². The predicted octanol–water partition coefficient (Wildman–Crippen LogP) is 5.94. The van der Waals surface area contributed by atoms with Crippen molar-refractivity contribution >= 4 is 38.3 Å². The second-order valence-electron chi connectivity index (χ2n) is 13.2. The number of anilines is 2. The highest BCUT2D eigenvalue weighted by atomic mass is 32.2. The van der Waals surface area contributed by atoms with Gasteiger partial charge in [-0.25, -0.2) is 13.0 Å². The number of methoxy groups -OCH3 is 1. The molecule has 1 saturated carbocycles. The number of nitrogens with zero attached hydrogens (tertiary/aromatic N) is 2. The lowest BCUT2D eigenvalue weighted by Gasteiger charge is -2.41. The number of halogens is 3. The highest BCUT2D eigenvalue weighted by Gasteiger charge is 2.49. The maximum absolute atomic E-state index is 13.7. The summed E-state index contributed by atoms with van der Waals surface area (Å²) in [5.74, 6) is 6.74. The van der Waals surface area contributed by atoms with Crippen molar-refractivity contribution < 1.29 is 35.6 Å². The summed E-state index contributed by atoms with van der Waals surface area (Å²) >= 11 is 0. The molecule has 0 atom stereocenters. The molecule has 47 heavy (non-hydrogen) atoms. The van der Waals surface area contributed by atoms with Gasteiger partial charge in [0, 0.05) is 48.6 Å². The average molecular weight is 672 g/mol. The molecule has 252 valence electrons. The first-order chi connectivity index (χ1) is 22.4. The van der Waals surface area contributed by atoms with E-state index in [0.717, 1.165) is 76.8 Å². The van der Waals surface area contributed by atoms with Crippen molar-refractivity contribution in [1.82, 2.24) is 4.57 Å². The maximum Gasteiger partial charge on any atom is 0.406 e. The molecule has 12 heteroatoms. The van der Waals surface area contributed by atoms with Gasteiger partial charge >= 0.3 is 6.18 Å². The van der Waals surface area contributed by atoms with Crippen LogP contribution in [0.3, 0.4) is 0 Å². The Morgan fingerprint density at radius 1 is 1.09 bits per heavy atom. The van der Waals surface area contributed by atoms with Crippen LogP contribution >= 0.6 is 0 Å². The lowest BCUT2D eigenvalue weighted by molar-refractivity contribution is -0.629. The standard InChI is InChI=1S/C35H42F3N4O4S/c1-45-33-20-28(47(2,43)44)12-13-31(33)39-16-4-5-27-19-29-30(6-3-7-32(29)42(27)24-35(36,37)38)40-26-10-8-25(9-11-26)21-41-22-34(23-41)14-17-46-18-15-34/h3,6-7,12-13,19-21,25-26,39-40H,8-11,14-18,22-24H2,1-2H3/q+1. The summed E-state index contributed by atoms with van der Waals surface area (Å²) < 4.78 is 79.5. The van der Waals surface area contributed by atoms with E-state index in [-0.39, 0.29) is 23.2 Å².